The predicted octanol–water partition coefficient (Wildman–Crippen LogP) is 5.16. The van der Waals surface area contributed by atoms with Crippen molar-refractivity contribution in [1.29, 1.82) is 0 Å². The Morgan fingerprint density at radius 3 is 2.08 bits per heavy atom. The van der Waals surface area contributed by atoms with Crippen molar-refractivity contribution in [1.82, 2.24) is 10.2 Å². The Hall–Kier alpha value is -3.36. The first-order chi connectivity index (χ1) is 23.8. The number of amides is 2. The Balaban J connectivity index is 1.59. The van der Waals surface area contributed by atoms with Gasteiger partial charge in [-0.3, -0.25) is 33.3 Å². The van der Waals surface area contributed by atoms with Crippen molar-refractivity contribution in [3.05, 3.63) is 52.5 Å². The van der Waals surface area contributed by atoms with E-state index < -0.39 is 58.0 Å². The number of aldehydes is 2. The number of nitrogens with zero attached hydrogens (tertiary/aromatic N) is 3. The number of benzene rings is 2. The SMILES string of the molecule is Cc1cc(S(=O)(=O)N2c3ccccc3N(C(C=O)OC(C)(C)C)C(=O)[C@H]2CC(=O)NCCC2CCN(C(C=O)OC(C)(C)C)CC2)c(C)cc1Cl. The molecule has 2 heterocycles. The summed E-state index contributed by atoms with van der Waals surface area (Å²) in [5.41, 5.74) is -0.106. The molecule has 14 heteroatoms. The zero-order valence-corrected chi connectivity index (χ0v) is 32.3. The molecule has 4 rings (SSSR count). The lowest BCUT2D eigenvalue weighted by molar-refractivity contribution is -0.155. The predicted molar refractivity (Wildman–Crippen MR) is 196 cm³/mol. The van der Waals surface area contributed by atoms with Crippen LogP contribution < -0.4 is 14.5 Å². The Labute approximate surface area is 306 Å². The number of hydrogen-bond acceptors (Lipinski definition) is 9. The number of hydrogen-bond donors (Lipinski definition) is 1. The number of para-hydroxylation sites is 2. The van der Waals surface area contributed by atoms with E-state index in [2.05, 4.69) is 5.32 Å². The molecule has 280 valence electrons. The number of likely N-dealkylation sites (tertiary alicyclic amines) is 1. The van der Waals surface area contributed by atoms with E-state index in [9.17, 15) is 27.6 Å². The quantitative estimate of drug-likeness (QED) is 0.275. The molecular weight excluding hydrogens is 696 g/mol. The molecule has 0 bridgehead atoms. The van der Waals surface area contributed by atoms with Gasteiger partial charge >= 0.3 is 0 Å². The van der Waals surface area contributed by atoms with E-state index in [0.29, 0.717) is 48.5 Å². The van der Waals surface area contributed by atoms with Crippen molar-refractivity contribution in [2.45, 2.75) is 116 Å². The molecule has 2 aliphatic rings. The summed E-state index contributed by atoms with van der Waals surface area (Å²) in [7, 11) is -4.45. The maximum Gasteiger partial charge on any atom is 0.265 e. The number of nitrogens with one attached hydrogen (secondary N) is 1. The summed E-state index contributed by atoms with van der Waals surface area (Å²) in [6.45, 7) is 15.9. The van der Waals surface area contributed by atoms with Crippen LogP contribution in [0.4, 0.5) is 11.4 Å². The topological polar surface area (TPSA) is 143 Å². The molecule has 1 saturated heterocycles. The number of rotatable bonds is 13. The van der Waals surface area contributed by atoms with Crippen molar-refractivity contribution in [2.75, 3.05) is 28.8 Å². The first kappa shape index (κ1) is 40.4. The normalized spacial score (nSPS) is 19.0. The van der Waals surface area contributed by atoms with Crippen molar-refractivity contribution in [2.24, 2.45) is 5.92 Å². The summed E-state index contributed by atoms with van der Waals surface area (Å²) < 4.78 is 42.0. The van der Waals surface area contributed by atoms with Gasteiger partial charge in [0.1, 0.15) is 6.04 Å². The lowest BCUT2D eigenvalue weighted by Gasteiger charge is -2.44. The van der Waals surface area contributed by atoms with Crippen LogP contribution in [-0.4, -0.2) is 87.0 Å². The number of sulfonamides is 1. The monoisotopic (exact) mass is 746 g/mol. The molecule has 1 N–H and O–H groups in total. The molecular formula is C37H51ClN4O8S. The molecule has 2 aromatic rings. The van der Waals surface area contributed by atoms with Crippen LogP contribution in [0.5, 0.6) is 0 Å². The number of anilines is 2. The third kappa shape index (κ3) is 9.75. The summed E-state index contributed by atoms with van der Waals surface area (Å²) in [5, 5.41) is 3.28. The highest BCUT2D eigenvalue weighted by Gasteiger charge is 2.48. The summed E-state index contributed by atoms with van der Waals surface area (Å²) in [6.07, 6.45) is 1.11. The van der Waals surface area contributed by atoms with Crippen LogP contribution in [0.2, 0.25) is 5.02 Å². The van der Waals surface area contributed by atoms with Gasteiger partial charge in [0.15, 0.2) is 25.0 Å². The van der Waals surface area contributed by atoms with E-state index in [1.165, 1.54) is 6.07 Å². The van der Waals surface area contributed by atoms with E-state index in [0.717, 1.165) is 28.3 Å². The Kier molecular flexibility index (Phi) is 12.8. The number of fused-ring (bicyclic) bond motifs is 1. The largest absolute Gasteiger partial charge is 0.356 e. The number of piperidine rings is 1. The van der Waals surface area contributed by atoms with E-state index >= 15 is 0 Å². The second kappa shape index (κ2) is 16.1. The molecule has 0 aromatic heterocycles. The van der Waals surface area contributed by atoms with Gasteiger partial charge in [-0.1, -0.05) is 23.7 Å². The van der Waals surface area contributed by atoms with Crippen LogP contribution in [0.1, 0.15) is 78.4 Å². The smallest absolute Gasteiger partial charge is 0.265 e. The minimum Gasteiger partial charge on any atom is -0.356 e. The van der Waals surface area contributed by atoms with Crippen molar-refractivity contribution < 1.29 is 37.1 Å². The fourth-order valence-corrected chi connectivity index (χ4v) is 8.62. The maximum absolute atomic E-state index is 14.6. The van der Waals surface area contributed by atoms with Gasteiger partial charge < -0.3 is 14.8 Å². The van der Waals surface area contributed by atoms with E-state index in [1.54, 1.807) is 65.0 Å². The molecule has 2 unspecified atom stereocenters. The van der Waals surface area contributed by atoms with Gasteiger partial charge in [0.2, 0.25) is 5.91 Å². The molecule has 12 nitrogen and oxygen atoms in total. The van der Waals surface area contributed by atoms with E-state index in [4.69, 9.17) is 21.1 Å². The van der Waals surface area contributed by atoms with Crippen molar-refractivity contribution >= 4 is 57.4 Å². The minimum atomic E-state index is -4.45. The second-order valence-electron chi connectivity index (χ2n) is 15.2. The summed E-state index contributed by atoms with van der Waals surface area (Å²) in [6, 6.07) is 7.83. The summed E-state index contributed by atoms with van der Waals surface area (Å²) in [4.78, 5) is 55.3. The van der Waals surface area contributed by atoms with Gasteiger partial charge in [0.05, 0.1) is 33.9 Å². The van der Waals surface area contributed by atoms with Crippen LogP contribution in [0, 0.1) is 19.8 Å². The highest BCUT2D eigenvalue weighted by atomic mass is 35.5. The molecule has 2 amide bonds. The molecule has 3 atom stereocenters. The van der Waals surface area contributed by atoms with Gasteiger partial charge in [-0.05, 0) is 116 Å². The molecule has 0 radical (unpaired) electrons. The van der Waals surface area contributed by atoms with Crippen LogP contribution in [0.3, 0.4) is 0 Å². The first-order valence-electron chi connectivity index (χ1n) is 17.3. The first-order valence-corrected chi connectivity index (χ1v) is 19.1. The number of carbonyl (C=O) groups excluding carboxylic acids is 4. The van der Waals surface area contributed by atoms with Crippen molar-refractivity contribution in [3.63, 3.8) is 0 Å². The third-order valence-electron chi connectivity index (χ3n) is 8.88. The van der Waals surface area contributed by atoms with Crippen LogP contribution >= 0.6 is 11.6 Å². The molecule has 2 aromatic carbocycles. The van der Waals surface area contributed by atoms with Gasteiger partial charge in [-0.15, -0.1) is 0 Å². The highest BCUT2D eigenvalue weighted by Crippen LogP contribution is 2.42. The summed E-state index contributed by atoms with van der Waals surface area (Å²) >= 11 is 6.31. The van der Waals surface area contributed by atoms with E-state index in [-0.39, 0.29) is 22.2 Å². The van der Waals surface area contributed by atoms with Gasteiger partial charge in [-0.2, -0.15) is 0 Å². The van der Waals surface area contributed by atoms with Gasteiger partial charge in [0.25, 0.3) is 15.9 Å². The summed E-state index contributed by atoms with van der Waals surface area (Å²) in [5.74, 6) is -1.00. The fourth-order valence-electron chi connectivity index (χ4n) is 6.48. The van der Waals surface area contributed by atoms with Gasteiger partial charge in [-0.25, -0.2) is 8.42 Å². The molecule has 51 heavy (non-hydrogen) atoms. The third-order valence-corrected chi connectivity index (χ3v) is 11.2. The Morgan fingerprint density at radius 1 is 0.941 bits per heavy atom. The van der Waals surface area contributed by atoms with Crippen LogP contribution in [-0.2, 0) is 38.7 Å². The van der Waals surface area contributed by atoms with Crippen LogP contribution in [0.25, 0.3) is 0 Å². The molecule has 0 aliphatic carbocycles. The average molecular weight is 747 g/mol. The number of carbonyl (C=O) groups is 4. The lowest BCUT2D eigenvalue weighted by atomic mass is 9.93. The number of aryl methyl sites for hydroxylation is 2. The number of halogens is 1. The molecule has 0 saturated carbocycles. The fraction of sp³-hybridized carbons (Fsp3) is 0.568. The highest BCUT2D eigenvalue weighted by molar-refractivity contribution is 7.93. The lowest BCUT2D eigenvalue weighted by Crippen LogP contribution is -2.60. The van der Waals surface area contributed by atoms with Crippen LogP contribution in [0.15, 0.2) is 41.3 Å². The average Bonchev–Trinajstić information content (AvgIpc) is 3.04. The zero-order valence-electron chi connectivity index (χ0n) is 30.8. The number of ether oxygens (including phenoxy) is 2. The maximum atomic E-state index is 14.6. The van der Waals surface area contributed by atoms with Gasteiger partial charge in [0, 0.05) is 24.7 Å². The Morgan fingerprint density at radius 2 is 1.51 bits per heavy atom. The molecule has 1 fully saturated rings. The Bertz CT molecular complexity index is 1710. The van der Waals surface area contributed by atoms with Crippen molar-refractivity contribution in [3.8, 4) is 0 Å². The minimum absolute atomic E-state index is 0.0557. The molecule has 2 aliphatic heterocycles. The molecule has 0 spiro atoms. The second-order valence-corrected chi connectivity index (χ2v) is 17.4. The standard InChI is InChI=1S/C37H51ClN4O8S/c1-24-20-31(25(2)19-27(24)38)51(47,48)42-29-12-10-9-11-28(29)41(34(23-44)50-37(6,7)8)35(46)30(42)21-32(45)39-16-13-26-14-17-40(18-15-26)33(22-43)49-36(3,4)5/h9-12,19-20,22-23,26,30,33-34H,13-18,21H2,1-8H3,(H,39,45)/t30-,33?,34?/m1/s1. The van der Waals surface area contributed by atoms with E-state index in [1.807, 2.05) is 25.7 Å². The zero-order chi connectivity index (χ0) is 37.9.